The normalized spacial score (nSPS) is 21.6. The summed E-state index contributed by atoms with van der Waals surface area (Å²) in [5.74, 6) is -3.75. The van der Waals surface area contributed by atoms with E-state index in [1.165, 1.54) is 17.0 Å². The largest absolute Gasteiger partial charge is 0.384 e. The molecule has 2 heterocycles. The molecule has 7 nitrogen and oxygen atoms in total. The maximum absolute atomic E-state index is 14.6. The van der Waals surface area contributed by atoms with E-state index in [4.69, 9.17) is 5.73 Å². The Labute approximate surface area is 196 Å². The van der Waals surface area contributed by atoms with Gasteiger partial charge in [0.05, 0.1) is 36.6 Å². The van der Waals surface area contributed by atoms with Gasteiger partial charge in [-0.15, -0.1) is 0 Å². The molecule has 1 fully saturated rings. The molecule has 2 aliphatic heterocycles. The third kappa shape index (κ3) is 4.56. The number of nitrogens with one attached hydrogen (secondary N) is 2. The third-order valence-electron chi connectivity index (χ3n) is 5.22. The minimum atomic E-state index is -1.29. The van der Waals surface area contributed by atoms with Gasteiger partial charge in [0.15, 0.2) is 11.6 Å². The summed E-state index contributed by atoms with van der Waals surface area (Å²) < 4.78 is 43.4. The van der Waals surface area contributed by atoms with Crippen LogP contribution >= 0.6 is 22.6 Å². The van der Waals surface area contributed by atoms with E-state index in [-0.39, 0.29) is 30.9 Å². The van der Waals surface area contributed by atoms with Crippen LogP contribution in [0.3, 0.4) is 0 Å². The molecule has 11 heteroatoms. The first-order chi connectivity index (χ1) is 15.0. The van der Waals surface area contributed by atoms with Crippen molar-refractivity contribution >= 4 is 39.9 Å². The summed E-state index contributed by atoms with van der Waals surface area (Å²) in [5.41, 5.74) is 6.26. The van der Waals surface area contributed by atoms with E-state index in [1.807, 2.05) is 22.6 Å². The van der Waals surface area contributed by atoms with Crippen molar-refractivity contribution in [3.8, 4) is 0 Å². The molecular formula is C21H21F3IN5O2. The van der Waals surface area contributed by atoms with E-state index in [0.717, 1.165) is 12.1 Å². The Morgan fingerprint density at radius 2 is 1.97 bits per heavy atom. The molecule has 32 heavy (non-hydrogen) atoms. The second-order valence-electron chi connectivity index (χ2n) is 8.26. The Balaban J connectivity index is 1.51. The lowest BCUT2D eigenvalue weighted by molar-refractivity contribution is -0.0980. The predicted octanol–water partition coefficient (Wildman–Crippen LogP) is 2.65. The fourth-order valence-corrected chi connectivity index (χ4v) is 4.15. The number of hydrazine groups is 1. The van der Waals surface area contributed by atoms with Gasteiger partial charge in [0, 0.05) is 9.77 Å². The first-order valence-corrected chi connectivity index (χ1v) is 10.8. The second kappa shape index (κ2) is 8.21. The maximum atomic E-state index is 14.6. The van der Waals surface area contributed by atoms with E-state index in [2.05, 4.69) is 10.7 Å². The molecule has 1 atom stereocenters. The van der Waals surface area contributed by atoms with E-state index in [9.17, 15) is 23.1 Å². The number of carbonyl (C=O) groups excluding carboxylic acids is 1. The van der Waals surface area contributed by atoms with Gasteiger partial charge in [0.2, 0.25) is 0 Å². The molecule has 1 saturated heterocycles. The average molecular weight is 559 g/mol. The summed E-state index contributed by atoms with van der Waals surface area (Å²) in [4.78, 5) is 14.3. The van der Waals surface area contributed by atoms with Crippen LogP contribution in [-0.2, 0) is 0 Å². The number of nitrogens with zero attached hydrogens (tertiary/aromatic N) is 2. The number of halogens is 4. The van der Waals surface area contributed by atoms with Gasteiger partial charge in [-0.3, -0.25) is 4.79 Å². The maximum Gasteiger partial charge on any atom is 0.256 e. The number of anilines is 2. The molecule has 2 aromatic rings. The van der Waals surface area contributed by atoms with E-state index < -0.39 is 40.3 Å². The fraction of sp³-hybridized carbons (Fsp3) is 0.286. The van der Waals surface area contributed by atoms with E-state index >= 15 is 0 Å². The van der Waals surface area contributed by atoms with Crippen LogP contribution < -0.4 is 16.5 Å². The molecule has 0 spiro atoms. The Bertz CT molecular complexity index is 1110. The molecule has 0 saturated carbocycles. The molecule has 0 radical (unpaired) electrons. The van der Waals surface area contributed by atoms with Crippen molar-refractivity contribution < 1.29 is 23.1 Å². The van der Waals surface area contributed by atoms with Crippen LogP contribution in [0.5, 0.6) is 0 Å². The molecule has 4 rings (SSSR count). The number of benzene rings is 2. The van der Waals surface area contributed by atoms with Gasteiger partial charge in [-0.1, -0.05) is 0 Å². The van der Waals surface area contributed by atoms with Crippen molar-refractivity contribution in [1.82, 2.24) is 15.3 Å². The summed E-state index contributed by atoms with van der Waals surface area (Å²) in [6, 6.07) is 6.16. The standard InChI is InChI=1S/C21H21F3IN5O2/c1-20(26)6-7-30(28-20)11-21(32)9-29(10-21)19(31)13-3-4-14(22)17(24)18(13)27-16-5-2-12(25)8-15(16)23/h2-8,27-28,32H,9-11,26H2,1H3/t20-/m0/s1. The SMILES string of the molecule is C[C@@]1(N)C=CN(CC2(O)CN(C(=O)c3ccc(F)c(F)c3Nc3ccc(I)cc3F)C2)N1. The lowest BCUT2D eigenvalue weighted by Crippen LogP contribution is -2.68. The lowest BCUT2D eigenvalue weighted by atomic mass is 9.92. The second-order valence-corrected chi connectivity index (χ2v) is 9.50. The van der Waals surface area contributed by atoms with Crippen LogP contribution in [0.4, 0.5) is 24.5 Å². The van der Waals surface area contributed by atoms with Gasteiger partial charge < -0.3 is 26.1 Å². The van der Waals surface area contributed by atoms with Gasteiger partial charge in [-0.05, 0) is 65.9 Å². The highest BCUT2D eigenvalue weighted by atomic mass is 127. The lowest BCUT2D eigenvalue weighted by Gasteiger charge is -2.48. The molecule has 2 aromatic carbocycles. The molecule has 1 amide bonds. The molecule has 2 aliphatic rings. The highest BCUT2D eigenvalue weighted by Gasteiger charge is 2.46. The number of amides is 1. The topological polar surface area (TPSA) is 93.9 Å². The van der Waals surface area contributed by atoms with Crippen LogP contribution in [-0.4, -0.2) is 51.8 Å². The van der Waals surface area contributed by atoms with Crippen LogP contribution in [0.25, 0.3) is 0 Å². The molecule has 0 aliphatic carbocycles. The van der Waals surface area contributed by atoms with Crippen molar-refractivity contribution in [2.75, 3.05) is 25.0 Å². The monoisotopic (exact) mass is 559 g/mol. The number of rotatable bonds is 5. The highest BCUT2D eigenvalue weighted by molar-refractivity contribution is 14.1. The quantitative estimate of drug-likeness (QED) is 0.422. The highest BCUT2D eigenvalue weighted by Crippen LogP contribution is 2.32. The Morgan fingerprint density at radius 1 is 1.25 bits per heavy atom. The molecular weight excluding hydrogens is 538 g/mol. The summed E-state index contributed by atoms with van der Waals surface area (Å²) in [6.45, 7) is 1.90. The zero-order valence-corrected chi connectivity index (χ0v) is 19.2. The first kappa shape index (κ1) is 22.8. The number of β-amino-alcohol motifs (C(OH)–C–C–N with tert-alkyl or cyclic N) is 1. The molecule has 170 valence electrons. The van der Waals surface area contributed by atoms with Crippen LogP contribution in [0.2, 0.25) is 0 Å². The van der Waals surface area contributed by atoms with Crippen molar-refractivity contribution in [2.45, 2.75) is 18.2 Å². The summed E-state index contributed by atoms with van der Waals surface area (Å²) in [6.07, 6.45) is 3.44. The number of likely N-dealkylation sites (tertiary alicyclic amines) is 1. The smallest absolute Gasteiger partial charge is 0.256 e. The zero-order valence-electron chi connectivity index (χ0n) is 17.0. The molecule has 0 bridgehead atoms. The molecule has 0 unspecified atom stereocenters. The number of hydrogen-bond donors (Lipinski definition) is 4. The van der Waals surface area contributed by atoms with Gasteiger partial charge in [0.25, 0.3) is 5.91 Å². The minimum Gasteiger partial charge on any atom is -0.384 e. The van der Waals surface area contributed by atoms with Gasteiger partial charge >= 0.3 is 0 Å². The number of nitrogens with two attached hydrogens (primary N) is 1. The predicted molar refractivity (Wildman–Crippen MR) is 121 cm³/mol. The van der Waals surface area contributed by atoms with Gasteiger partial charge in [-0.2, -0.15) is 0 Å². The van der Waals surface area contributed by atoms with Gasteiger partial charge in [0.1, 0.15) is 17.1 Å². The average Bonchev–Trinajstić information content (AvgIpc) is 3.03. The first-order valence-electron chi connectivity index (χ1n) is 9.71. The zero-order chi connectivity index (χ0) is 23.3. The fourth-order valence-electron chi connectivity index (χ4n) is 3.69. The van der Waals surface area contributed by atoms with Crippen LogP contribution in [0.1, 0.15) is 17.3 Å². The van der Waals surface area contributed by atoms with Crippen molar-refractivity contribution in [3.05, 3.63) is 69.2 Å². The molecule has 5 N–H and O–H groups in total. The number of aliphatic hydroxyl groups is 1. The number of hydrogen-bond acceptors (Lipinski definition) is 6. The summed E-state index contributed by atoms with van der Waals surface area (Å²) in [5, 5.41) is 14.9. The summed E-state index contributed by atoms with van der Waals surface area (Å²) >= 11 is 1.92. The van der Waals surface area contributed by atoms with Crippen molar-refractivity contribution in [3.63, 3.8) is 0 Å². The molecule has 0 aromatic heterocycles. The third-order valence-corrected chi connectivity index (χ3v) is 5.89. The Morgan fingerprint density at radius 3 is 2.59 bits per heavy atom. The van der Waals surface area contributed by atoms with Crippen molar-refractivity contribution in [1.29, 1.82) is 0 Å². The summed E-state index contributed by atoms with van der Waals surface area (Å²) in [7, 11) is 0. The van der Waals surface area contributed by atoms with Crippen LogP contribution in [0, 0.1) is 21.0 Å². The van der Waals surface area contributed by atoms with E-state index in [1.54, 1.807) is 30.3 Å². The van der Waals surface area contributed by atoms with E-state index in [0.29, 0.717) is 3.57 Å². The van der Waals surface area contributed by atoms with Crippen LogP contribution in [0.15, 0.2) is 42.6 Å². The minimum absolute atomic E-state index is 0.0184. The number of carbonyl (C=O) groups is 1. The van der Waals surface area contributed by atoms with Crippen molar-refractivity contribution in [2.24, 2.45) is 5.73 Å². The Kier molecular flexibility index (Phi) is 5.86. The van der Waals surface area contributed by atoms with Gasteiger partial charge in [-0.25, -0.2) is 18.6 Å². The Hall–Kier alpha value is -2.35.